The Hall–Kier alpha value is -1.40. The molecule has 6 nitrogen and oxygen atoms in total. The topological polar surface area (TPSA) is 61.6 Å². The van der Waals surface area contributed by atoms with Crippen molar-refractivity contribution in [2.45, 2.75) is 19.4 Å². The lowest BCUT2D eigenvalue weighted by Gasteiger charge is -2.35. The van der Waals surface area contributed by atoms with Crippen molar-refractivity contribution >= 4 is 5.91 Å². The van der Waals surface area contributed by atoms with Gasteiger partial charge < -0.3 is 10.0 Å². The normalized spacial score (nSPS) is 18.6. The number of carbonyl (C=O) groups is 1. The lowest BCUT2D eigenvalue weighted by molar-refractivity contribution is 0.0523. The fourth-order valence-electron chi connectivity index (χ4n) is 2.27. The van der Waals surface area contributed by atoms with Gasteiger partial charge in [0.2, 0.25) is 0 Å². The van der Waals surface area contributed by atoms with Crippen LogP contribution in [-0.4, -0.2) is 69.4 Å². The Morgan fingerprint density at radius 1 is 1.42 bits per heavy atom. The predicted octanol–water partition coefficient (Wildman–Crippen LogP) is -0.0512. The minimum Gasteiger partial charge on any atom is -0.392 e. The highest BCUT2D eigenvalue weighted by molar-refractivity contribution is 5.93. The van der Waals surface area contributed by atoms with Gasteiger partial charge in [-0.05, 0) is 6.42 Å². The van der Waals surface area contributed by atoms with Crippen molar-refractivity contribution in [3.8, 4) is 0 Å². The van der Waals surface area contributed by atoms with Crippen molar-refractivity contribution in [1.82, 2.24) is 19.6 Å². The third-order valence-corrected chi connectivity index (χ3v) is 3.55. The summed E-state index contributed by atoms with van der Waals surface area (Å²) in [5.41, 5.74) is 0.643. The number of β-amino-alcohol motifs (C(OH)–C–C–N with tert-alkyl or cyclic N) is 1. The number of carbonyl (C=O) groups excluding carboxylic acids is 1. The summed E-state index contributed by atoms with van der Waals surface area (Å²) in [6.45, 7) is 5.75. The molecule has 19 heavy (non-hydrogen) atoms. The summed E-state index contributed by atoms with van der Waals surface area (Å²) in [6.07, 6.45) is 3.86. The second-order valence-electron chi connectivity index (χ2n) is 5.06. The maximum atomic E-state index is 12.2. The van der Waals surface area contributed by atoms with Crippen LogP contribution in [0.4, 0.5) is 0 Å². The first-order valence-corrected chi connectivity index (χ1v) is 6.78. The van der Waals surface area contributed by atoms with Crippen LogP contribution in [-0.2, 0) is 7.05 Å². The van der Waals surface area contributed by atoms with Gasteiger partial charge in [-0.2, -0.15) is 5.10 Å². The summed E-state index contributed by atoms with van der Waals surface area (Å²) in [4.78, 5) is 16.3. The van der Waals surface area contributed by atoms with Crippen molar-refractivity contribution in [3.05, 3.63) is 18.0 Å². The van der Waals surface area contributed by atoms with E-state index in [1.807, 2.05) is 11.8 Å². The number of aliphatic hydroxyl groups is 1. The third kappa shape index (κ3) is 3.54. The summed E-state index contributed by atoms with van der Waals surface area (Å²) in [6, 6.07) is 0. The maximum Gasteiger partial charge on any atom is 0.257 e. The molecule has 1 aliphatic rings. The van der Waals surface area contributed by atoms with Crippen molar-refractivity contribution in [1.29, 1.82) is 0 Å². The van der Waals surface area contributed by atoms with Gasteiger partial charge in [0.05, 0.1) is 17.9 Å². The van der Waals surface area contributed by atoms with Gasteiger partial charge in [-0.15, -0.1) is 0 Å². The van der Waals surface area contributed by atoms with Gasteiger partial charge in [0.15, 0.2) is 0 Å². The second kappa shape index (κ2) is 6.16. The van der Waals surface area contributed by atoms with Crippen LogP contribution in [0.5, 0.6) is 0 Å². The Morgan fingerprint density at radius 2 is 2.11 bits per heavy atom. The molecule has 1 unspecified atom stereocenters. The molecule has 0 radical (unpaired) electrons. The average Bonchev–Trinajstić information content (AvgIpc) is 2.85. The molecule has 106 valence electrons. The molecule has 0 aliphatic carbocycles. The molecule has 0 saturated carbocycles. The number of amides is 1. The average molecular weight is 266 g/mol. The monoisotopic (exact) mass is 266 g/mol. The van der Waals surface area contributed by atoms with E-state index in [2.05, 4.69) is 10.00 Å². The molecule has 1 aliphatic heterocycles. The van der Waals surface area contributed by atoms with Crippen LogP contribution in [0.15, 0.2) is 12.4 Å². The van der Waals surface area contributed by atoms with Crippen molar-refractivity contribution in [2.24, 2.45) is 7.05 Å². The fraction of sp³-hybridized carbons (Fsp3) is 0.692. The first-order chi connectivity index (χ1) is 9.10. The van der Waals surface area contributed by atoms with Gasteiger partial charge >= 0.3 is 0 Å². The maximum absolute atomic E-state index is 12.2. The molecule has 1 atom stereocenters. The molecular formula is C13H22N4O2. The summed E-state index contributed by atoms with van der Waals surface area (Å²) in [5.74, 6) is 0.0452. The molecule has 2 heterocycles. The number of aliphatic hydroxyl groups excluding tert-OH is 1. The Balaban J connectivity index is 1.84. The van der Waals surface area contributed by atoms with E-state index in [9.17, 15) is 9.90 Å². The highest BCUT2D eigenvalue weighted by Gasteiger charge is 2.23. The molecule has 1 amide bonds. The molecule has 0 spiro atoms. The number of hydrogen-bond donors (Lipinski definition) is 1. The molecule has 0 bridgehead atoms. The van der Waals surface area contributed by atoms with Crippen LogP contribution in [0.25, 0.3) is 0 Å². The van der Waals surface area contributed by atoms with Crippen molar-refractivity contribution in [2.75, 3.05) is 32.7 Å². The molecule has 1 aromatic rings. The minimum absolute atomic E-state index is 0.0452. The Kier molecular flexibility index (Phi) is 4.55. The molecule has 2 rings (SSSR count). The molecular weight excluding hydrogens is 244 g/mol. The lowest BCUT2D eigenvalue weighted by atomic mass is 10.2. The number of rotatable bonds is 4. The lowest BCUT2D eigenvalue weighted by Crippen LogP contribution is -2.50. The molecule has 1 aromatic heterocycles. The molecule has 1 fully saturated rings. The largest absolute Gasteiger partial charge is 0.392 e. The smallest absolute Gasteiger partial charge is 0.257 e. The number of hydrogen-bond acceptors (Lipinski definition) is 4. The van der Waals surface area contributed by atoms with E-state index in [4.69, 9.17) is 0 Å². The van der Waals surface area contributed by atoms with Crippen LogP contribution in [0.2, 0.25) is 0 Å². The fourth-order valence-corrected chi connectivity index (χ4v) is 2.27. The Bertz CT molecular complexity index is 424. The number of piperazine rings is 1. The number of aryl methyl sites for hydroxylation is 1. The van der Waals surface area contributed by atoms with Crippen LogP contribution < -0.4 is 0 Å². The van der Waals surface area contributed by atoms with Crippen LogP contribution in [0.3, 0.4) is 0 Å². The molecule has 1 N–H and O–H groups in total. The Labute approximate surface area is 113 Å². The zero-order valence-corrected chi connectivity index (χ0v) is 11.6. The van der Waals surface area contributed by atoms with E-state index in [0.29, 0.717) is 25.2 Å². The van der Waals surface area contributed by atoms with Crippen LogP contribution >= 0.6 is 0 Å². The standard InChI is InChI=1S/C13H22N4O2/c1-3-12(18)10-16-4-6-17(7-5-16)13(19)11-8-14-15(2)9-11/h8-9,12,18H,3-7,10H2,1-2H3. The van der Waals surface area contributed by atoms with Gasteiger partial charge in [0, 0.05) is 46.0 Å². The van der Waals surface area contributed by atoms with E-state index in [1.165, 1.54) is 0 Å². The highest BCUT2D eigenvalue weighted by Crippen LogP contribution is 2.09. The van der Waals surface area contributed by atoms with Crippen LogP contribution in [0.1, 0.15) is 23.7 Å². The van der Waals surface area contributed by atoms with E-state index in [0.717, 1.165) is 19.5 Å². The second-order valence-corrected chi connectivity index (χ2v) is 5.06. The van der Waals surface area contributed by atoms with E-state index in [-0.39, 0.29) is 12.0 Å². The number of aromatic nitrogens is 2. The predicted molar refractivity (Wildman–Crippen MR) is 71.8 cm³/mol. The third-order valence-electron chi connectivity index (χ3n) is 3.55. The Morgan fingerprint density at radius 3 is 2.63 bits per heavy atom. The zero-order chi connectivity index (χ0) is 13.8. The van der Waals surface area contributed by atoms with E-state index >= 15 is 0 Å². The molecule has 1 saturated heterocycles. The van der Waals surface area contributed by atoms with Gasteiger partial charge in [0.25, 0.3) is 5.91 Å². The first-order valence-electron chi connectivity index (χ1n) is 6.78. The van der Waals surface area contributed by atoms with E-state index in [1.54, 1.807) is 24.1 Å². The zero-order valence-electron chi connectivity index (χ0n) is 11.6. The summed E-state index contributed by atoms with van der Waals surface area (Å²) >= 11 is 0. The quantitative estimate of drug-likeness (QED) is 0.830. The molecule has 0 aromatic carbocycles. The molecule has 6 heteroatoms. The minimum atomic E-state index is -0.263. The van der Waals surface area contributed by atoms with Gasteiger partial charge in [0.1, 0.15) is 0 Å². The summed E-state index contributed by atoms with van der Waals surface area (Å²) in [7, 11) is 1.81. The van der Waals surface area contributed by atoms with E-state index < -0.39 is 0 Å². The van der Waals surface area contributed by atoms with Gasteiger partial charge in [-0.3, -0.25) is 14.4 Å². The number of nitrogens with zero attached hydrogens (tertiary/aromatic N) is 4. The summed E-state index contributed by atoms with van der Waals surface area (Å²) in [5, 5.41) is 13.7. The van der Waals surface area contributed by atoms with Gasteiger partial charge in [-0.1, -0.05) is 6.92 Å². The SMILES string of the molecule is CCC(O)CN1CCN(C(=O)c2cnn(C)c2)CC1. The summed E-state index contributed by atoms with van der Waals surface area (Å²) < 4.78 is 1.64. The van der Waals surface area contributed by atoms with Crippen molar-refractivity contribution in [3.63, 3.8) is 0 Å². The van der Waals surface area contributed by atoms with Gasteiger partial charge in [-0.25, -0.2) is 0 Å². The first kappa shape index (κ1) is 14.0. The van der Waals surface area contributed by atoms with Crippen molar-refractivity contribution < 1.29 is 9.90 Å². The highest BCUT2D eigenvalue weighted by atomic mass is 16.3. The van der Waals surface area contributed by atoms with Crippen LogP contribution in [0, 0.1) is 0 Å².